The highest BCUT2D eigenvalue weighted by Crippen LogP contribution is 2.09. The Morgan fingerprint density at radius 2 is 2.14 bits per heavy atom. The molecule has 0 aromatic carbocycles. The van der Waals surface area contributed by atoms with Gasteiger partial charge in [-0.1, -0.05) is 0 Å². The molecular formula is C2H5O4P. The van der Waals surface area contributed by atoms with E-state index in [4.69, 9.17) is 10.00 Å². The van der Waals surface area contributed by atoms with E-state index in [2.05, 4.69) is 0 Å². The van der Waals surface area contributed by atoms with E-state index in [9.17, 15) is 9.36 Å². The number of carbonyl (C=O) groups is 1. The maximum atomic E-state index is 9.61. The van der Waals surface area contributed by atoms with Gasteiger partial charge in [-0.3, -0.25) is 9.36 Å². The minimum absolute atomic E-state index is 0.620. The molecule has 0 aromatic rings. The first-order valence-corrected chi connectivity index (χ1v) is 3.13. The van der Waals surface area contributed by atoms with Crippen LogP contribution < -0.4 is 0 Å². The van der Waals surface area contributed by atoms with Gasteiger partial charge in [0.15, 0.2) is 8.03 Å². The van der Waals surface area contributed by atoms with E-state index < -0.39 is 20.2 Å². The second kappa shape index (κ2) is 2.77. The molecule has 5 heteroatoms. The van der Waals surface area contributed by atoms with Crippen LogP contribution >= 0.6 is 8.03 Å². The number of rotatable bonds is 2. The summed E-state index contributed by atoms with van der Waals surface area (Å²) in [6, 6.07) is 0. The van der Waals surface area contributed by atoms with Gasteiger partial charge in [0.05, 0.1) is 0 Å². The predicted octanol–water partition coefficient (Wildman–Crippen LogP) is -0.462. The lowest BCUT2D eigenvalue weighted by Crippen LogP contribution is -1.96. The molecule has 0 amide bonds. The summed E-state index contributed by atoms with van der Waals surface area (Å²) in [4.78, 5) is 17.4. The topological polar surface area (TPSA) is 74.6 Å². The Hall–Kier alpha value is -0.340. The first kappa shape index (κ1) is 6.66. The molecule has 0 fully saturated rings. The zero-order valence-corrected chi connectivity index (χ0v) is 4.42. The van der Waals surface area contributed by atoms with Gasteiger partial charge in [-0.05, 0) is 0 Å². The number of aliphatic carboxylic acids is 1. The van der Waals surface area contributed by atoms with Crippen LogP contribution in [0.4, 0.5) is 0 Å². The third-order valence-electron chi connectivity index (χ3n) is 0.302. The van der Waals surface area contributed by atoms with Crippen LogP contribution in [0, 0.1) is 0 Å². The van der Waals surface area contributed by atoms with Crippen LogP contribution in [0.15, 0.2) is 0 Å². The van der Waals surface area contributed by atoms with Crippen LogP contribution in [-0.2, 0) is 9.36 Å². The molecule has 0 saturated carbocycles. The largest absolute Gasteiger partial charge is 0.481 e. The minimum Gasteiger partial charge on any atom is -0.481 e. The van der Waals surface area contributed by atoms with Crippen molar-refractivity contribution in [2.24, 2.45) is 0 Å². The fraction of sp³-hybridized carbons (Fsp3) is 0.500. The molecule has 0 bridgehead atoms. The van der Waals surface area contributed by atoms with Gasteiger partial charge in [-0.15, -0.1) is 0 Å². The Labute approximate surface area is 40.6 Å². The monoisotopic (exact) mass is 124 g/mol. The van der Waals surface area contributed by atoms with Crippen molar-refractivity contribution in [3.8, 4) is 0 Å². The van der Waals surface area contributed by atoms with Crippen LogP contribution in [0.2, 0.25) is 0 Å². The van der Waals surface area contributed by atoms with Crippen LogP contribution in [0.5, 0.6) is 0 Å². The van der Waals surface area contributed by atoms with Gasteiger partial charge in [0.2, 0.25) is 0 Å². The van der Waals surface area contributed by atoms with E-state index >= 15 is 0 Å². The number of hydrogen-bond acceptors (Lipinski definition) is 2. The average Bonchev–Trinajstić information content (AvgIpc) is 1.27. The van der Waals surface area contributed by atoms with E-state index in [1.807, 2.05) is 0 Å². The van der Waals surface area contributed by atoms with E-state index in [0.717, 1.165) is 0 Å². The average molecular weight is 124 g/mol. The first-order chi connectivity index (χ1) is 3.13. The summed E-state index contributed by atoms with van der Waals surface area (Å²) in [6.07, 6.45) is -0.620. The lowest BCUT2D eigenvalue weighted by molar-refractivity contribution is -0.134. The molecule has 1 atom stereocenters. The molecule has 0 rings (SSSR count). The van der Waals surface area contributed by atoms with E-state index in [0.29, 0.717) is 0 Å². The maximum absolute atomic E-state index is 9.61. The summed E-state index contributed by atoms with van der Waals surface area (Å²) >= 11 is 0. The molecule has 0 radical (unpaired) electrons. The summed E-state index contributed by atoms with van der Waals surface area (Å²) in [5.41, 5.74) is 0. The van der Waals surface area contributed by atoms with E-state index in [-0.39, 0.29) is 0 Å². The fourth-order valence-corrected chi connectivity index (χ4v) is 0.388. The van der Waals surface area contributed by atoms with Crippen molar-refractivity contribution in [3.05, 3.63) is 0 Å². The quantitative estimate of drug-likeness (QED) is 0.488. The molecule has 4 nitrogen and oxygen atoms in total. The SMILES string of the molecule is O=C(O)C[PH](=O)O. The van der Waals surface area contributed by atoms with Crippen molar-refractivity contribution in [2.75, 3.05) is 6.16 Å². The Morgan fingerprint density at radius 1 is 1.71 bits per heavy atom. The van der Waals surface area contributed by atoms with Crippen molar-refractivity contribution in [1.29, 1.82) is 0 Å². The highest BCUT2D eigenvalue weighted by molar-refractivity contribution is 7.39. The van der Waals surface area contributed by atoms with E-state index in [1.54, 1.807) is 0 Å². The molecule has 0 aliphatic heterocycles. The summed E-state index contributed by atoms with van der Waals surface area (Å²) in [7, 11) is -2.78. The lowest BCUT2D eigenvalue weighted by atomic mass is 10.8. The molecule has 0 aromatic heterocycles. The normalized spacial score (nSPS) is 13.3. The Bertz CT molecular complexity index is 85.9. The Morgan fingerprint density at radius 3 is 2.14 bits per heavy atom. The highest BCUT2D eigenvalue weighted by atomic mass is 31.1. The Balaban J connectivity index is 3.32. The zero-order valence-electron chi connectivity index (χ0n) is 3.42. The number of hydrogen-bond donors (Lipinski definition) is 2. The molecule has 1 unspecified atom stereocenters. The van der Waals surface area contributed by atoms with Gasteiger partial charge in [-0.2, -0.15) is 0 Å². The second-order valence-corrected chi connectivity index (χ2v) is 2.11. The van der Waals surface area contributed by atoms with Gasteiger partial charge >= 0.3 is 5.97 Å². The number of carboxylic acids is 1. The zero-order chi connectivity index (χ0) is 5.86. The van der Waals surface area contributed by atoms with Crippen LogP contribution in [-0.4, -0.2) is 22.1 Å². The molecule has 0 aliphatic rings. The first-order valence-electron chi connectivity index (χ1n) is 1.56. The van der Waals surface area contributed by atoms with Crippen LogP contribution in [0.3, 0.4) is 0 Å². The van der Waals surface area contributed by atoms with Gasteiger partial charge in [0.1, 0.15) is 6.16 Å². The molecule has 0 spiro atoms. The van der Waals surface area contributed by atoms with Gasteiger partial charge in [0.25, 0.3) is 0 Å². The molecule has 0 saturated heterocycles. The number of carboxylic acid groups (broad SMARTS) is 1. The third kappa shape index (κ3) is 5.66. The highest BCUT2D eigenvalue weighted by Gasteiger charge is 1.98. The molecule has 7 heavy (non-hydrogen) atoms. The minimum atomic E-state index is -2.78. The van der Waals surface area contributed by atoms with E-state index in [1.165, 1.54) is 0 Å². The van der Waals surface area contributed by atoms with Crippen molar-refractivity contribution in [1.82, 2.24) is 0 Å². The third-order valence-corrected chi connectivity index (χ3v) is 0.907. The van der Waals surface area contributed by atoms with Crippen molar-refractivity contribution >= 4 is 14.0 Å². The van der Waals surface area contributed by atoms with Crippen molar-refractivity contribution < 1.29 is 19.4 Å². The summed E-state index contributed by atoms with van der Waals surface area (Å²) in [5.74, 6) is -1.23. The van der Waals surface area contributed by atoms with Crippen molar-refractivity contribution in [2.45, 2.75) is 0 Å². The lowest BCUT2D eigenvalue weighted by Gasteiger charge is -1.82. The van der Waals surface area contributed by atoms with Gasteiger partial charge in [0, 0.05) is 0 Å². The van der Waals surface area contributed by atoms with Crippen LogP contribution in [0.1, 0.15) is 0 Å². The van der Waals surface area contributed by atoms with Crippen molar-refractivity contribution in [3.63, 3.8) is 0 Å². The van der Waals surface area contributed by atoms with Crippen LogP contribution in [0.25, 0.3) is 0 Å². The van der Waals surface area contributed by atoms with Gasteiger partial charge in [-0.25, -0.2) is 0 Å². The summed E-state index contributed by atoms with van der Waals surface area (Å²) < 4.78 is 9.61. The molecule has 42 valence electrons. The van der Waals surface area contributed by atoms with Gasteiger partial charge < -0.3 is 10.00 Å². The summed E-state index contributed by atoms with van der Waals surface area (Å²) in [5, 5.41) is 7.75. The smallest absolute Gasteiger partial charge is 0.312 e. The standard InChI is InChI=1S/C2H5O4P/c3-2(4)1-7(5)6/h7H,1H2,(H,3,4)(H,5,6). The second-order valence-electron chi connectivity index (χ2n) is 0.964. The summed E-state index contributed by atoms with van der Waals surface area (Å²) in [6.45, 7) is 0. The molecule has 2 N–H and O–H groups in total. The fourth-order valence-electron chi connectivity index (χ4n) is 0.129. The molecule has 0 aliphatic carbocycles. The molecule has 0 heterocycles. The Kier molecular flexibility index (Phi) is 2.64. The molecular weight excluding hydrogens is 119 g/mol. The predicted molar refractivity (Wildman–Crippen MR) is 23.7 cm³/mol. The maximum Gasteiger partial charge on any atom is 0.312 e.